The minimum Gasteiger partial charge on any atom is -0.362 e. The van der Waals surface area contributed by atoms with E-state index in [0.29, 0.717) is 5.82 Å². The first kappa shape index (κ1) is 12.7. The summed E-state index contributed by atoms with van der Waals surface area (Å²) in [5.74, 6) is 0.713. The Labute approximate surface area is 119 Å². The number of hydrogen-bond donors (Lipinski definition) is 1. The Kier molecular flexibility index (Phi) is 3.39. The summed E-state index contributed by atoms with van der Waals surface area (Å²) in [6.07, 6.45) is 5.09. The Balaban J connectivity index is 1.90. The summed E-state index contributed by atoms with van der Waals surface area (Å²) in [4.78, 5) is 4.45. The molecule has 0 amide bonds. The monoisotopic (exact) mass is 263 g/mol. The third kappa shape index (κ3) is 2.25. The van der Waals surface area contributed by atoms with Crippen LogP contribution in [0.3, 0.4) is 0 Å². The van der Waals surface area contributed by atoms with Gasteiger partial charge in [-0.25, -0.2) is 4.98 Å². The van der Waals surface area contributed by atoms with Crippen molar-refractivity contribution in [3.8, 4) is 6.07 Å². The van der Waals surface area contributed by atoms with Crippen molar-refractivity contribution in [3.63, 3.8) is 0 Å². The van der Waals surface area contributed by atoms with Crippen LogP contribution in [0.4, 0.5) is 5.82 Å². The van der Waals surface area contributed by atoms with E-state index in [4.69, 9.17) is 0 Å². The van der Waals surface area contributed by atoms with Gasteiger partial charge in [-0.15, -0.1) is 0 Å². The molecule has 1 atom stereocenters. The first-order valence-corrected chi connectivity index (χ1v) is 7.02. The molecule has 1 aromatic heterocycles. The van der Waals surface area contributed by atoms with Gasteiger partial charge in [-0.2, -0.15) is 5.26 Å². The Hall–Kier alpha value is -2.34. The lowest BCUT2D eigenvalue weighted by Gasteiger charge is -2.17. The highest BCUT2D eigenvalue weighted by atomic mass is 15.0. The molecule has 3 rings (SSSR count). The highest BCUT2D eigenvalue weighted by Crippen LogP contribution is 2.29. The number of anilines is 1. The molecule has 100 valence electrons. The van der Waals surface area contributed by atoms with Crippen molar-refractivity contribution in [3.05, 3.63) is 58.8 Å². The van der Waals surface area contributed by atoms with Gasteiger partial charge in [-0.3, -0.25) is 0 Å². The van der Waals surface area contributed by atoms with Gasteiger partial charge in [0.2, 0.25) is 0 Å². The van der Waals surface area contributed by atoms with Gasteiger partial charge in [0.05, 0.1) is 5.56 Å². The topological polar surface area (TPSA) is 48.7 Å². The largest absolute Gasteiger partial charge is 0.362 e. The number of aromatic nitrogens is 1. The summed E-state index contributed by atoms with van der Waals surface area (Å²) < 4.78 is 0. The van der Waals surface area contributed by atoms with Gasteiger partial charge in [0.25, 0.3) is 0 Å². The lowest BCUT2D eigenvalue weighted by molar-refractivity contribution is 0.872. The smallest absolute Gasteiger partial charge is 0.144 e. The van der Waals surface area contributed by atoms with Crippen LogP contribution in [0, 0.1) is 11.3 Å². The van der Waals surface area contributed by atoms with Gasteiger partial charge < -0.3 is 5.32 Å². The maximum absolute atomic E-state index is 9.44. The molecule has 1 aliphatic rings. The molecular formula is C17H17N3. The van der Waals surface area contributed by atoms with Crippen molar-refractivity contribution in [2.24, 2.45) is 0 Å². The van der Waals surface area contributed by atoms with E-state index in [9.17, 15) is 5.26 Å². The fourth-order valence-corrected chi connectivity index (χ4v) is 2.81. The molecule has 1 aliphatic carbocycles. The first-order valence-electron chi connectivity index (χ1n) is 7.02. The van der Waals surface area contributed by atoms with Crippen LogP contribution in [0.1, 0.15) is 41.6 Å². The number of nitrogens with one attached hydrogen (secondary N) is 1. The summed E-state index contributed by atoms with van der Waals surface area (Å²) in [5, 5.41) is 12.8. The van der Waals surface area contributed by atoms with E-state index in [-0.39, 0.29) is 6.04 Å². The summed E-state index contributed by atoms with van der Waals surface area (Å²) in [5.41, 5.74) is 4.34. The number of aryl methyl sites for hydroxylation is 1. The van der Waals surface area contributed by atoms with Crippen LogP contribution in [0.5, 0.6) is 0 Å². The van der Waals surface area contributed by atoms with Gasteiger partial charge in [0.1, 0.15) is 11.9 Å². The summed E-state index contributed by atoms with van der Waals surface area (Å²) in [6.45, 7) is 2.09. The minimum atomic E-state index is 0.134. The molecule has 0 aliphatic heterocycles. The lowest BCUT2D eigenvalue weighted by Crippen LogP contribution is -2.10. The Bertz CT molecular complexity index is 656. The standard InChI is InChI=1S/C17H17N3/c1-12(13-6-3-2-4-7-13)20-17-16(10-18)15-9-5-8-14(15)11-19-17/h2-4,6-7,11-12H,5,8-9H2,1H3,(H,19,20)/t12-/m0/s1. The molecule has 0 saturated carbocycles. The Morgan fingerprint density at radius 2 is 2.05 bits per heavy atom. The number of rotatable bonds is 3. The molecule has 0 spiro atoms. The van der Waals surface area contributed by atoms with Crippen LogP contribution in [0.15, 0.2) is 36.5 Å². The van der Waals surface area contributed by atoms with E-state index in [1.807, 2.05) is 24.4 Å². The number of benzene rings is 1. The second-order valence-electron chi connectivity index (χ2n) is 5.23. The van der Waals surface area contributed by atoms with Crippen LogP contribution in [0.2, 0.25) is 0 Å². The number of nitrogens with zero attached hydrogens (tertiary/aromatic N) is 2. The fraction of sp³-hybridized carbons (Fsp3) is 0.294. The van der Waals surface area contributed by atoms with Crippen molar-refractivity contribution < 1.29 is 0 Å². The van der Waals surface area contributed by atoms with E-state index in [1.54, 1.807) is 0 Å². The number of pyridine rings is 1. The Morgan fingerprint density at radius 1 is 1.25 bits per heavy atom. The SMILES string of the molecule is C[C@H](Nc1ncc2c(c1C#N)CCC2)c1ccccc1. The van der Waals surface area contributed by atoms with Crippen molar-refractivity contribution in [2.75, 3.05) is 5.32 Å². The lowest BCUT2D eigenvalue weighted by atomic mass is 10.1. The summed E-state index contributed by atoms with van der Waals surface area (Å²) >= 11 is 0. The third-order valence-electron chi connectivity index (χ3n) is 3.91. The van der Waals surface area contributed by atoms with Crippen LogP contribution in [0.25, 0.3) is 0 Å². The quantitative estimate of drug-likeness (QED) is 0.920. The van der Waals surface area contributed by atoms with Crippen LogP contribution in [-0.4, -0.2) is 4.98 Å². The molecule has 20 heavy (non-hydrogen) atoms. The molecule has 1 heterocycles. The normalized spacial score (nSPS) is 14.4. The molecule has 3 nitrogen and oxygen atoms in total. The molecular weight excluding hydrogens is 246 g/mol. The molecule has 1 aromatic carbocycles. The average Bonchev–Trinajstić information content (AvgIpc) is 2.96. The molecule has 1 N–H and O–H groups in total. The molecule has 3 heteroatoms. The van der Waals surface area contributed by atoms with Gasteiger partial charge >= 0.3 is 0 Å². The van der Waals surface area contributed by atoms with Crippen molar-refractivity contribution in [2.45, 2.75) is 32.2 Å². The second-order valence-corrected chi connectivity index (χ2v) is 5.23. The fourth-order valence-electron chi connectivity index (χ4n) is 2.81. The molecule has 0 unspecified atom stereocenters. The summed E-state index contributed by atoms with van der Waals surface area (Å²) in [7, 11) is 0. The minimum absolute atomic E-state index is 0.134. The Morgan fingerprint density at radius 3 is 2.80 bits per heavy atom. The summed E-state index contributed by atoms with van der Waals surface area (Å²) in [6, 6.07) is 12.7. The zero-order valence-electron chi connectivity index (χ0n) is 11.6. The van der Waals surface area contributed by atoms with E-state index in [1.165, 1.54) is 16.7 Å². The predicted molar refractivity (Wildman–Crippen MR) is 79.5 cm³/mol. The number of hydrogen-bond acceptors (Lipinski definition) is 3. The molecule has 0 fully saturated rings. The zero-order chi connectivity index (χ0) is 13.9. The third-order valence-corrected chi connectivity index (χ3v) is 3.91. The van der Waals surface area contributed by atoms with Crippen molar-refractivity contribution in [1.82, 2.24) is 4.98 Å². The van der Waals surface area contributed by atoms with Crippen LogP contribution in [-0.2, 0) is 12.8 Å². The van der Waals surface area contributed by atoms with Crippen molar-refractivity contribution in [1.29, 1.82) is 5.26 Å². The first-order chi connectivity index (χ1) is 9.79. The van der Waals surface area contributed by atoms with E-state index >= 15 is 0 Å². The molecule has 0 saturated heterocycles. The van der Waals surface area contributed by atoms with Crippen molar-refractivity contribution >= 4 is 5.82 Å². The molecule has 0 radical (unpaired) electrons. The van der Waals surface area contributed by atoms with E-state index < -0.39 is 0 Å². The van der Waals surface area contributed by atoms with Crippen LogP contribution < -0.4 is 5.32 Å². The highest BCUT2D eigenvalue weighted by Gasteiger charge is 2.19. The van der Waals surface area contributed by atoms with Crippen LogP contribution >= 0.6 is 0 Å². The van der Waals surface area contributed by atoms with Gasteiger partial charge in [-0.1, -0.05) is 30.3 Å². The second kappa shape index (κ2) is 5.34. The van der Waals surface area contributed by atoms with E-state index in [0.717, 1.165) is 24.8 Å². The van der Waals surface area contributed by atoms with Gasteiger partial charge in [-0.05, 0) is 42.9 Å². The zero-order valence-corrected chi connectivity index (χ0v) is 11.6. The van der Waals surface area contributed by atoms with Gasteiger partial charge in [0.15, 0.2) is 0 Å². The van der Waals surface area contributed by atoms with Gasteiger partial charge in [0, 0.05) is 12.2 Å². The molecule has 0 bridgehead atoms. The molecule has 2 aromatic rings. The maximum atomic E-state index is 9.44. The average molecular weight is 263 g/mol. The number of nitriles is 1. The van der Waals surface area contributed by atoms with E-state index in [2.05, 4.69) is 35.4 Å². The highest BCUT2D eigenvalue weighted by molar-refractivity contribution is 5.59. The maximum Gasteiger partial charge on any atom is 0.144 e. The number of fused-ring (bicyclic) bond motifs is 1. The predicted octanol–water partition coefficient (Wildman–Crippen LogP) is 3.62.